The molecule has 0 bridgehead atoms. The maximum atomic E-state index is 14.6. The molecule has 3 aliphatic rings. The highest BCUT2D eigenvalue weighted by Crippen LogP contribution is 2.45. The minimum Gasteiger partial charge on any atom is -0.493 e. The van der Waals surface area contributed by atoms with Gasteiger partial charge in [0, 0.05) is 24.2 Å². The molecule has 1 saturated heterocycles. The number of halogens is 2. The van der Waals surface area contributed by atoms with E-state index < -0.39 is 22.9 Å². The topological polar surface area (TPSA) is 58.6 Å². The molecule has 0 radical (unpaired) electrons. The van der Waals surface area contributed by atoms with Gasteiger partial charge in [-0.3, -0.25) is 9.52 Å². The van der Waals surface area contributed by atoms with Crippen molar-refractivity contribution >= 4 is 28.7 Å². The van der Waals surface area contributed by atoms with Crippen LogP contribution >= 0.6 is 11.6 Å². The lowest BCUT2D eigenvalue weighted by atomic mass is 9.95. The molecule has 2 fully saturated rings. The second-order valence-electron chi connectivity index (χ2n) is 7.71. The molecule has 2 atom stereocenters. The zero-order valence-electron chi connectivity index (χ0n) is 15.6. The Kier molecular flexibility index (Phi) is 6.04. The quantitative estimate of drug-likeness (QED) is 0.716. The highest BCUT2D eigenvalue weighted by molar-refractivity contribution is 7.81. The molecule has 1 saturated carbocycles. The van der Waals surface area contributed by atoms with E-state index in [9.17, 15) is 13.4 Å². The van der Waals surface area contributed by atoms with Crippen LogP contribution in [-0.4, -0.2) is 34.1 Å². The van der Waals surface area contributed by atoms with E-state index >= 15 is 0 Å². The number of hydrogen-bond donors (Lipinski definition) is 1. The van der Waals surface area contributed by atoms with Gasteiger partial charge in [0.1, 0.15) is 11.6 Å². The number of allylic oxidation sites excluding steroid dienone is 2. The van der Waals surface area contributed by atoms with Gasteiger partial charge in [-0.05, 0) is 62.0 Å². The molecule has 4 rings (SSSR count). The SMILES string of the molecule is O=C(NS(=O)N1CCC1)c1cc(C2CC2)c(OCC2CC=C(Cl)CC2)cc1F. The van der Waals surface area contributed by atoms with Crippen LogP contribution < -0.4 is 9.46 Å². The Morgan fingerprint density at radius 1 is 1.32 bits per heavy atom. The van der Waals surface area contributed by atoms with E-state index in [1.54, 1.807) is 10.4 Å². The van der Waals surface area contributed by atoms with Crippen molar-refractivity contribution in [2.75, 3.05) is 19.7 Å². The fourth-order valence-electron chi connectivity index (χ4n) is 3.45. The Hall–Kier alpha value is -1.44. The Morgan fingerprint density at radius 2 is 2.11 bits per heavy atom. The van der Waals surface area contributed by atoms with Gasteiger partial charge in [0.05, 0.1) is 12.2 Å². The summed E-state index contributed by atoms with van der Waals surface area (Å²) in [5.41, 5.74) is 0.793. The van der Waals surface area contributed by atoms with Crippen LogP contribution in [0.5, 0.6) is 5.75 Å². The van der Waals surface area contributed by atoms with Crippen LogP contribution in [0.1, 0.15) is 60.4 Å². The summed E-state index contributed by atoms with van der Waals surface area (Å²) in [4.78, 5) is 12.4. The van der Waals surface area contributed by atoms with Crippen molar-refractivity contribution in [3.05, 3.63) is 40.2 Å². The van der Waals surface area contributed by atoms with E-state index in [-0.39, 0.29) is 5.56 Å². The Labute approximate surface area is 172 Å². The first-order chi connectivity index (χ1) is 13.5. The number of rotatable bonds is 7. The average molecular weight is 427 g/mol. The van der Waals surface area contributed by atoms with Gasteiger partial charge in [-0.2, -0.15) is 0 Å². The maximum absolute atomic E-state index is 14.6. The van der Waals surface area contributed by atoms with E-state index in [1.807, 2.05) is 6.08 Å². The summed E-state index contributed by atoms with van der Waals surface area (Å²) in [5, 5.41) is 0.895. The van der Waals surface area contributed by atoms with Crippen LogP contribution in [-0.2, 0) is 11.2 Å². The second-order valence-corrected chi connectivity index (χ2v) is 9.41. The number of nitrogens with one attached hydrogen (secondary N) is 1. The molecular formula is C20H24ClFN2O3S. The molecule has 0 spiro atoms. The van der Waals surface area contributed by atoms with Gasteiger partial charge in [0.15, 0.2) is 11.2 Å². The van der Waals surface area contributed by atoms with Crippen molar-refractivity contribution in [1.82, 2.24) is 9.03 Å². The van der Waals surface area contributed by atoms with Crippen molar-refractivity contribution in [3.8, 4) is 5.75 Å². The molecule has 2 unspecified atom stereocenters. The largest absolute Gasteiger partial charge is 0.493 e. The van der Waals surface area contributed by atoms with Crippen molar-refractivity contribution in [2.45, 2.75) is 44.4 Å². The Bertz CT molecular complexity index is 824. The van der Waals surface area contributed by atoms with Gasteiger partial charge in [0.25, 0.3) is 5.91 Å². The predicted octanol–water partition coefficient (Wildman–Crippen LogP) is 4.02. The Balaban J connectivity index is 1.46. The summed E-state index contributed by atoms with van der Waals surface area (Å²) in [6.45, 7) is 1.86. The van der Waals surface area contributed by atoms with Crippen LogP contribution in [0.25, 0.3) is 0 Å². The highest BCUT2D eigenvalue weighted by atomic mass is 35.5. The fourth-order valence-corrected chi connectivity index (χ4v) is 4.64. The molecule has 2 aliphatic carbocycles. The first-order valence-corrected chi connectivity index (χ1v) is 11.3. The van der Waals surface area contributed by atoms with Crippen molar-refractivity contribution < 1.29 is 18.1 Å². The van der Waals surface area contributed by atoms with Crippen LogP contribution in [0.2, 0.25) is 0 Å². The molecule has 0 aromatic heterocycles. The lowest BCUT2D eigenvalue weighted by Gasteiger charge is -2.28. The van der Waals surface area contributed by atoms with Crippen LogP contribution in [0.4, 0.5) is 4.39 Å². The molecule has 1 N–H and O–H groups in total. The summed E-state index contributed by atoms with van der Waals surface area (Å²) < 4.78 is 36.7. The van der Waals surface area contributed by atoms with E-state index in [0.717, 1.165) is 49.1 Å². The summed E-state index contributed by atoms with van der Waals surface area (Å²) in [5.74, 6) is -0.128. The summed E-state index contributed by atoms with van der Waals surface area (Å²) in [7, 11) is 0. The van der Waals surface area contributed by atoms with Gasteiger partial charge in [-0.1, -0.05) is 17.7 Å². The van der Waals surface area contributed by atoms with E-state index in [1.165, 1.54) is 6.07 Å². The molecule has 1 amide bonds. The first kappa shape index (κ1) is 19.9. The average Bonchev–Trinajstić information content (AvgIpc) is 3.44. The number of ether oxygens (including phenoxy) is 1. The molecule has 1 aromatic carbocycles. The minimum absolute atomic E-state index is 0.0736. The van der Waals surface area contributed by atoms with Gasteiger partial charge < -0.3 is 4.74 Å². The standard InChI is InChI=1S/C20H24ClFN2O3S/c21-15-6-2-13(3-7-15)12-27-19-11-18(22)17(10-16(19)14-4-5-14)20(25)23-28(26)24-8-1-9-24/h6,10-11,13-14H,1-5,7-9,12H2,(H,23,25). The normalized spacial score (nSPS) is 23.5. The van der Waals surface area contributed by atoms with Crippen LogP contribution in [0.15, 0.2) is 23.2 Å². The van der Waals surface area contributed by atoms with Crippen molar-refractivity contribution in [1.29, 1.82) is 0 Å². The maximum Gasteiger partial charge on any atom is 0.266 e. The third-order valence-electron chi connectivity index (χ3n) is 5.53. The smallest absolute Gasteiger partial charge is 0.266 e. The van der Waals surface area contributed by atoms with Gasteiger partial charge in [0.2, 0.25) is 0 Å². The molecule has 8 heteroatoms. The van der Waals surface area contributed by atoms with Crippen molar-refractivity contribution in [2.24, 2.45) is 5.92 Å². The van der Waals surface area contributed by atoms with Gasteiger partial charge in [-0.15, -0.1) is 0 Å². The molecule has 1 aliphatic heterocycles. The number of carbonyl (C=O) groups excluding carboxylic acids is 1. The molecule has 152 valence electrons. The first-order valence-electron chi connectivity index (χ1n) is 9.80. The molecule has 1 aromatic rings. The molecule has 1 heterocycles. The van der Waals surface area contributed by atoms with Gasteiger partial charge >= 0.3 is 0 Å². The van der Waals surface area contributed by atoms with Crippen LogP contribution in [0.3, 0.4) is 0 Å². The Morgan fingerprint density at radius 3 is 2.71 bits per heavy atom. The van der Waals surface area contributed by atoms with Gasteiger partial charge in [-0.25, -0.2) is 12.9 Å². The van der Waals surface area contributed by atoms with E-state index in [2.05, 4.69) is 4.72 Å². The molecular weight excluding hydrogens is 403 g/mol. The lowest BCUT2D eigenvalue weighted by Crippen LogP contribution is -2.45. The minimum atomic E-state index is -1.61. The fraction of sp³-hybridized carbons (Fsp3) is 0.550. The number of carbonyl (C=O) groups is 1. The third-order valence-corrected chi connectivity index (χ3v) is 7.07. The zero-order chi connectivity index (χ0) is 19.7. The summed E-state index contributed by atoms with van der Waals surface area (Å²) in [6, 6.07) is 2.88. The number of amides is 1. The van der Waals surface area contributed by atoms with Crippen molar-refractivity contribution in [3.63, 3.8) is 0 Å². The predicted molar refractivity (Wildman–Crippen MR) is 107 cm³/mol. The monoisotopic (exact) mass is 426 g/mol. The molecule has 5 nitrogen and oxygen atoms in total. The van der Waals surface area contributed by atoms with E-state index in [4.69, 9.17) is 16.3 Å². The third kappa shape index (κ3) is 4.58. The number of hydrogen-bond acceptors (Lipinski definition) is 3. The number of nitrogens with zero attached hydrogens (tertiary/aromatic N) is 1. The number of benzene rings is 1. The lowest BCUT2D eigenvalue weighted by molar-refractivity contribution is 0.0976. The summed E-state index contributed by atoms with van der Waals surface area (Å²) >= 11 is 4.40. The highest BCUT2D eigenvalue weighted by Gasteiger charge is 2.30. The summed E-state index contributed by atoms with van der Waals surface area (Å²) in [6.07, 6.45) is 7.66. The second kappa shape index (κ2) is 8.51. The van der Waals surface area contributed by atoms with E-state index in [0.29, 0.717) is 37.3 Å². The zero-order valence-corrected chi connectivity index (χ0v) is 17.2. The molecule has 28 heavy (non-hydrogen) atoms. The van der Waals surface area contributed by atoms with Crippen LogP contribution in [0, 0.1) is 11.7 Å².